The first-order valence-corrected chi connectivity index (χ1v) is 6.47. The van der Waals surface area contributed by atoms with Crippen LogP contribution in [0.5, 0.6) is 0 Å². The maximum Gasteiger partial charge on any atom is 0.240 e. The minimum Gasteiger partial charge on any atom is -0.397 e. The van der Waals surface area contributed by atoms with E-state index in [4.69, 9.17) is 5.73 Å². The molecule has 1 aromatic carbocycles. The highest BCUT2D eigenvalue weighted by atomic mass is 16.2. The lowest BCUT2D eigenvalue weighted by molar-refractivity contribution is -0.122. The van der Waals surface area contributed by atoms with Gasteiger partial charge < -0.3 is 11.1 Å². The number of rotatable bonds is 4. The number of nitrogens with zero attached hydrogens (tertiary/aromatic N) is 1. The van der Waals surface area contributed by atoms with E-state index in [1.807, 2.05) is 19.1 Å². The van der Waals surface area contributed by atoms with Gasteiger partial charge in [-0.15, -0.1) is 0 Å². The summed E-state index contributed by atoms with van der Waals surface area (Å²) in [4.78, 5) is 22.2. The Morgan fingerprint density at radius 3 is 2.90 bits per heavy atom. The Morgan fingerprint density at radius 2 is 2.30 bits per heavy atom. The van der Waals surface area contributed by atoms with Gasteiger partial charge in [-0.2, -0.15) is 5.10 Å². The molecule has 6 heteroatoms. The number of amides is 1. The average Bonchev–Trinajstić information content (AvgIpc) is 2.37. The summed E-state index contributed by atoms with van der Waals surface area (Å²) in [5.41, 5.74) is 11.4. The molecule has 0 aromatic heterocycles. The molecule has 1 amide bonds. The number of carbonyl (C=O) groups is 2. The van der Waals surface area contributed by atoms with Gasteiger partial charge in [-0.05, 0) is 19.1 Å². The second-order valence-corrected chi connectivity index (χ2v) is 4.99. The fourth-order valence-corrected chi connectivity index (χ4v) is 2.10. The van der Waals surface area contributed by atoms with Gasteiger partial charge in [0, 0.05) is 17.9 Å². The Labute approximate surface area is 117 Å². The molecule has 0 saturated carbocycles. The Hall–Kier alpha value is -2.37. The van der Waals surface area contributed by atoms with Gasteiger partial charge in [0.1, 0.15) is 5.78 Å². The van der Waals surface area contributed by atoms with E-state index in [1.54, 1.807) is 6.07 Å². The van der Waals surface area contributed by atoms with Crippen LogP contribution in [0.1, 0.15) is 25.8 Å². The number of ketones is 1. The fraction of sp³-hybridized carbons (Fsp3) is 0.357. The summed E-state index contributed by atoms with van der Waals surface area (Å²) in [7, 11) is 0. The second-order valence-electron chi connectivity index (χ2n) is 4.99. The third-order valence-corrected chi connectivity index (χ3v) is 3.13. The fourth-order valence-electron chi connectivity index (χ4n) is 2.10. The third kappa shape index (κ3) is 3.14. The van der Waals surface area contributed by atoms with Crippen molar-refractivity contribution in [3.05, 3.63) is 23.8 Å². The van der Waals surface area contributed by atoms with Gasteiger partial charge in [-0.3, -0.25) is 9.59 Å². The van der Waals surface area contributed by atoms with Crippen molar-refractivity contribution in [2.45, 2.75) is 20.3 Å². The van der Waals surface area contributed by atoms with Crippen LogP contribution in [-0.4, -0.2) is 23.9 Å². The molecule has 0 spiro atoms. The maximum atomic E-state index is 11.2. The highest BCUT2D eigenvalue weighted by Crippen LogP contribution is 2.23. The van der Waals surface area contributed by atoms with Crippen LogP contribution >= 0.6 is 0 Å². The lowest BCUT2D eigenvalue weighted by Gasteiger charge is -2.20. The topological polar surface area (TPSA) is 96.6 Å². The van der Waals surface area contributed by atoms with Crippen molar-refractivity contribution < 1.29 is 9.59 Å². The Balaban J connectivity index is 2.20. The third-order valence-electron chi connectivity index (χ3n) is 3.13. The van der Waals surface area contributed by atoms with Crippen LogP contribution in [0, 0.1) is 5.92 Å². The number of benzene rings is 1. The van der Waals surface area contributed by atoms with Crippen LogP contribution < -0.4 is 16.5 Å². The van der Waals surface area contributed by atoms with Gasteiger partial charge in [0.05, 0.1) is 23.6 Å². The number of nitrogen functional groups attached to an aromatic ring is 1. The highest BCUT2D eigenvalue weighted by molar-refractivity contribution is 6.06. The number of hydrogen-bond acceptors (Lipinski definition) is 5. The van der Waals surface area contributed by atoms with Gasteiger partial charge in [-0.1, -0.05) is 13.0 Å². The molecule has 0 fully saturated rings. The summed E-state index contributed by atoms with van der Waals surface area (Å²) in [6.07, 6.45) is 0.420. The molecule has 20 heavy (non-hydrogen) atoms. The highest BCUT2D eigenvalue weighted by Gasteiger charge is 2.21. The molecule has 1 atom stereocenters. The SMILES string of the molecule is CC(=O)CNc1ccc(C2=NNC(=O)CC2C)cc1N. The first-order valence-electron chi connectivity index (χ1n) is 6.47. The minimum absolute atomic E-state index is 0.0430. The summed E-state index contributed by atoms with van der Waals surface area (Å²) in [6.45, 7) is 3.71. The number of anilines is 2. The second kappa shape index (κ2) is 5.73. The first kappa shape index (κ1) is 14.0. The Bertz CT molecular complexity index is 581. The lowest BCUT2D eigenvalue weighted by atomic mass is 9.93. The summed E-state index contributed by atoms with van der Waals surface area (Å²) < 4.78 is 0. The smallest absolute Gasteiger partial charge is 0.240 e. The van der Waals surface area contributed by atoms with Crippen molar-refractivity contribution in [3.63, 3.8) is 0 Å². The van der Waals surface area contributed by atoms with Crippen molar-refractivity contribution in [2.75, 3.05) is 17.6 Å². The zero-order chi connectivity index (χ0) is 14.7. The van der Waals surface area contributed by atoms with Gasteiger partial charge >= 0.3 is 0 Å². The average molecular weight is 274 g/mol. The van der Waals surface area contributed by atoms with E-state index in [9.17, 15) is 9.59 Å². The molecule has 4 N–H and O–H groups in total. The van der Waals surface area contributed by atoms with Crippen LogP contribution in [0.2, 0.25) is 0 Å². The zero-order valence-electron chi connectivity index (χ0n) is 11.6. The predicted molar refractivity (Wildman–Crippen MR) is 78.5 cm³/mol. The standard InChI is InChI=1S/C14H18N4O2/c1-8-5-13(20)17-18-14(8)10-3-4-12(11(15)6-10)16-7-9(2)19/h3-4,6,8,16H,5,7,15H2,1-2H3,(H,17,20). The summed E-state index contributed by atoms with van der Waals surface area (Å²) >= 11 is 0. The molecule has 1 aliphatic rings. The van der Waals surface area contributed by atoms with Gasteiger partial charge in [-0.25, -0.2) is 5.43 Å². The predicted octanol–water partition coefficient (Wildman–Crippen LogP) is 1.13. The van der Waals surface area contributed by atoms with E-state index in [-0.39, 0.29) is 24.2 Å². The van der Waals surface area contributed by atoms with E-state index < -0.39 is 0 Å². The quantitative estimate of drug-likeness (QED) is 0.717. The van der Waals surface area contributed by atoms with Gasteiger partial charge in [0.15, 0.2) is 0 Å². The number of nitrogens with two attached hydrogens (primary N) is 1. The van der Waals surface area contributed by atoms with Gasteiger partial charge in [0.25, 0.3) is 0 Å². The molecule has 0 bridgehead atoms. The molecular weight excluding hydrogens is 256 g/mol. The molecule has 6 nitrogen and oxygen atoms in total. The first-order chi connectivity index (χ1) is 9.47. The van der Waals surface area contributed by atoms with Crippen molar-refractivity contribution >= 4 is 28.8 Å². The van der Waals surface area contributed by atoms with Crippen LogP contribution in [0.15, 0.2) is 23.3 Å². The number of carbonyl (C=O) groups excluding carboxylic acids is 2. The number of Topliss-reactive ketones (excluding diaryl/α,β-unsaturated/α-hetero) is 1. The summed E-state index contributed by atoms with van der Waals surface area (Å²) in [5, 5.41) is 7.07. The van der Waals surface area contributed by atoms with Crippen LogP contribution in [0.4, 0.5) is 11.4 Å². The molecule has 0 aliphatic carbocycles. The molecular formula is C14H18N4O2. The van der Waals surface area contributed by atoms with E-state index in [1.165, 1.54) is 6.92 Å². The van der Waals surface area contributed by atoms with Crippen molar-refractivity contribution in [2.24, 2.45) is 11.0 Å². The van der Waals surface area contributed by atoms with E-state index in [2.05, 4.69) is 15.8 Å². The molecule has 0 saturated heterocycles. The summed E-state index contributed by atoms with van der Waals surface area (Å²) in [5.74, 6) is 0.0228. The normalized spacial score (nSPS) is 18.2. The van der Waals surface area contributed by atoms with Gasteiger partial charge in [0.2, 0.25) is 5.91 Å². The zero-order valence-corrected chi connectivity index (χ0v) is 11.6. The monoisotopic (exact) mass is 274 g/mol. The molecule has 1 unspecified atom stereocenters. The largest absolute Gasteiger partial charge is 0.397 e. The van der Waals surface area contributed by atoms with Crippen molar-refractivity contribution in [3.8, 4) is 0 Å². The van der Waals surface area contributed by atoms with Crippen molar-refractivity contribution in [1.82, 2.24) is 5.43 Å². The molecule has 0 radical (unpaired) electrons. The Kier molecular flexibility index (Phi) is 4.02. The van der Waals surface area contributed by atoms with Crippen LogP contribution in [0.25, 0.3) is 0 Å². The Morgan fingerprint density at radius 1 is 1.55 bits per heavy atom. The molecule has 1 heterocycles. The van der Waals surface area contributed by atoms with E-state index in [0.717, 1.165) is 17.0 Å². The molecule has 106 valence electrons. The van der Waals surface area contributed by atoms with E-state index in [0.29, 0.717) is 12.1 Å². The molecule has 1 aromatic rings. The maximum absolute atomic E-state index is 11.2. The number of hydrazone groups is 1. The van der Waals surface area contributed by atoms with Crippen LogP contribution in [-0.2, 0) is 9.59 Å². The lowest BCUT2D eigenvalue weighted by Crippen LogP contribution is -2.32. The van der Waals surface area contributed by atoms with Crippen LogP contribution in [0.3, 0.4) is 0 Å². The number of hydrogen-bond donors (Lipinski definition) is 3. The molecule has 1 aliphatic heterocycles. The molecule has 2 rings (SSSR count). The minimum atomic E-state index is -0.0750. The summed E-state index contributed by atoms with van der Waals surface area (Å²) in [6, 6.07) is 5.50. The van der Waals surface area contributed by atoms with E-state index >= 15 is 0 Å². The number of nitrogens with one attached hydrogen (secondary N) is 2. The van der Waals surface area contributed by atoms with Crippen molar-refractivity contribution in [1.29, 1.82) is 0 Å².